The van der Waals surface area contributed by atoms with E-state index in [0.717, 1.165) is 23.0 Å². The van der Waals surface area contributed by atoms with E-state index in [9.17, 15) is 13.2 Å². The number of rotatable bonds is 2. The number of benzene rings is 1. The van der Waals surface area contributed by atoms with Gasteiger partial charge in [-0.1, -0.05) is 27.7 Å². The number of sulfone groups is 1. The Kier molecular flexibility index (Phi) is 3.81. The third-order valence-electron chi connectivity index (χ3n) is 4.30. The van der Waals surface area contributed by atoms with Gasteiger partial charge in [-0.25, -0.2) is 8.42 Å². The number of anilines is 1. The number of amides is 1. The van der Waals surface area contributed by atoms with Crippen molar-refractivity contribution in [1.82, 2.24) is 0 Å². The number of amidine groups is 1. The molecule has 1 amide bonds. The summed E-state index contributed by atoms with van der Waals surface area (Å²) in [7, 11) is -3.02. The molecule has 0 bridgehead atoms. The second-order valence-electron chi connectivity index (χ2n) is 6.15. The van der Waals surface area contributed by atoms with E-state index in [4.69, 9.17) is 0 Å². The van der Waals surface area contributed by atoms with Gasteiger partial charge in [0, 0.05) is 21.3 Å². The molecule has 4 rings (SSSR count). The van der Waals surface area contributed by atoms with Crippen molar-refractivity contribution in [3.05, 3.63) is 28.7 Å². The lowest BCUT2D eigenvalue weighted by atomic mass is 10.2. The van der Waals surface area contributed by atoms with Gasteiger partial charge in [0.2, 0.25) is 0 Å². The summed E-state index contributed by atoms with van der Waals surface area (Å²) in [5.41, 5.74) is 0.882. The van der Waals surface area contributed by atoms with Gasteiger partial charge in [-0.3, -0.25) is 4.79 Å². The molecule has 1 aromatic carbocycles. The van der Waals surface area contributed by atoms with Gasteiger partial charge in [-0.05, 0) is 37.1 Å². The van der Waals surface area contributed by atoms with Crippen LogP contribution >= 0.6 is 27.7 Å². The first-order valence-corrected chi connectivity index (χ1v) is 11.0. The lowest BCUT2D eigenvalue weighted by molar-refractivity contribution is -0.118. The van der Waals surface area contributed by atoms with Gasteiger partial charge in [0.15, 0.2) is 15.0 Å². The van der Waals surface area contributed by atoms with Crippen molar-refractivity contribution in [2.24, 2.45) is 10.9 Å². The van der Waals surface area contributed by atoms with Crippen molar-refractivity contribution >= 4 is 54.3 Å². The quantitative estimate of drug-likeness (QED) is 0.743. The largest absolute Gasteiger partial charge is 0.316 e. The number of nitrogens with zero attached hydrogens (tertiary/aromatic N) is 2. The Hall–Kier alpha value is -0.860. The van der Waals surface area contributed by atoms with Crippen LogP contribution in [0.2, 0.25) is 0 Å². The van der Waals surface area contributed by atoms with Crippen LogP contribution in [0, 0.1) is 5.92 Å². The number of halogens is 1. The van der Waals surface area contributed by atoms with Crippen LogP contribution in [0.5, 0.6) is 0 Å². The molecule has 0 spiro atoms. The van der Waals surface area contributed by atoms with Gasteiger partial charge in [-0.15, -0.1) is 0 Å². The van der Waals surface area contributed by atoms with E-state index in [0.29, 0.717) is 5.17 Å². The van der Waals surface area contributed by atoms with Crippen LogP contribution in [-0.2, 0) is 14.6 Å². The highest BCUT2D eigenvalue weighted by atomic mass is 79.9. The van der Waals surface area contributed by atoms with Crippen LogP contribution in [-0.4, -0.2) is 42.3 Å². The van der Waals surface area contributed by atoms with E-state index in [2.05, 4.69) is 20.9 Å². The maximum absolute atomic E-state index is 12.1. The SMILES string of the molecule is O=C(N=C1S[C@H]2CS(=O)(=O)C[C@@H]2N1c1ccc(Br)cc1)C1CC1. The smallest absolute Gasteiger partial charge is 0.251 e. The molecule has 0 N–H and O–H groups in total. The van der Waals surface area contributed by atoms with E-state index in [1.54, 1.807) is 0 Å². The average molecular weight is 415 g/mol. The minimum Gasteiger partial charge on any atom is -0.316 e. The number of aliphatic imine (C=N–C) groups is 1. The molecule has 2 atom stereocenters. The molecule has 1 saturated carbocycles. The molecule has 3 fully saturated rings. The fourth-order valence-electron chi connectivity index (χ4n) is 2.98. The Morgan fingerprint density at radius 2 is 1.91 bits per heavy atom. The Labute approximate surface area is 147 Å². The van der Waals surface area contributed by atoms with Crippen LogP contribution in [0.15, 0.2) is 33.7 Å². The molecular formula is C15H15BrN2O3S2. The summed E-state index contributed by atoms with van der Waals surface area (Å²) in [6, 6.07) is 7.54. The monoisotopic (exact) mass is 414 g/mol. The van der Waals surface area contributed by atoms with Crippen LogP contribution in [0.3, 0.4) is 0 Å². The Morgan fingerprint density at radius 3 is 2.57 bits per heavy atom. The number of carbonyl (C=O) groups excluding carboxylic acids is 1. The van der Waals surface area contributed by atoms with E-state index in [1.807, 2.05) is 29.2 Å². The van der Waals surface area contributed by atoms with E-state index in [-0.39, 0.29) is 34.6 Å². The molecule has 0 radical (unpaired) electrons. The molecule has 2 aliphatic heterocycles. The highest BCUT2D eigenvalue weighted by Crippen LogP contribution is 2.41. The van der Waals surface area contributed by atoms with Gasteiger partial charge in [0.25, 0.3) is 5.91 Å². The molecule has 5 nitrogen and oxygen atoms in total. The summed E-state index contributed by atoms with van der Waals surface area (Å²) in [6.45, 7) is 0. The van der Waals surface area contributed by atoms with Crippen molar-refractivity contribution in [2.75, 3.05) is 16.4 Å². The molecular weight excluding hydrogens is 400 g/mol. The second-order valence-corrected chi connectivity index (χ2v) is 10.4. The molecule has 23 heavy (non-hydrogen) atoms. The minimum absolute atomic E-state index is 0.0469. The van der Waals surface area contributed by atoms with E-state index < -0.39 is 9.84 Å². The first kappa shape index (κ1) is 15.7. The number of hydrogen-bond donors (Lipinski definition) is 0. The number of thioether (sulfide) groups is 1. The average Bonchev–Trinajstić information content (AvgIpc) is 3.22. The van der Waals surface area contributed by atoms with Crippen LogP contribution in [0.4, 0.5) is 5.69 Å². The number of hydrogen-bond acceptors (Lipinski definition) is 4. The standard InChI is InChI=1S/C15H15BrN2O3S2/c16-10-3-5-11(6-4-10)18-12-7-23(20,21)8-13(12)22-15(18)17-14(19)9-1-2-9/h3-6,9,12-13H,1-2,7-8H2/t12-,13-/m0/s1. The Morgan fingerprint density at radius 1 is 1.22 bits per heavy atom. The zero-order chi connectivity index (χ0) is 16.2. The van der Waals surface area contributed by atoms with Crippen molar-refractivity contribution in [2.45, 2.75) is 24.1 Å². The molecule has 8 heteroatoms. The summed E-state index contributed by atoms with van der Waals surface area (Å²) < 4.78 is 24.9. The van der Waals surface area contributed by atoms with Crippen LogP contribution in [0.25, 0.3) is 0 Å². The number of carbonyl (C=O) groups is 1. The summed E-state index contributed by atoms with van der Waals surface area (Å²) in [5.74, 6) is 0.278. The van der Waals surface area contributed by atoms with Crippen molar-refractivity contribution in [1.29, 1.82) is 0 Å². The molecule has 0 aromatic heterocycles. The zero-order valence-corrected chi connectivity index (χ0v) is 15.4. The summed E-state index contributed by atoms with van der Waals surface area (Å²) >= 11 is 4.84. The van der Waals surface area contributed by atoms with E-state index >= 15 is 0 Å². The summed E-state index contributed by atoms with van der Waals surface area (Å²) in [6.07, 6.45) is 1.83. The van der Waals surface area contributed by atoms with Crippen LogP contribution in [0.1, 0.15) is 12.8 Å². The lowest BCUT2D eigenvalue weighted by Gasteiger charge is -2.24. The Balaban J connectivity index is 1.71. The van der Waals surface area contributed by atoms with E-state index in [1.165, 1.54) is 11.8 Å². The van der Waals surface area contributed by atoms with Gasteiger partial charge >= 0.3 is 0 Å². The molecule has 0 unspecified atom stereocenters. The van der Waals surface area contributed by atoms with Crippen molar-refractivity contribution in [3.8, 4) is 0 Å². The second kappa shape index (κ2) is 5.60. The van der Waals surface area contributed by atoms with Gasteiger partial charge < -0.3 is 4.90 Å². The van der Waals surface area contributed by atoms with Gasteiger partial charge in [0.1, 0.15) is 0 Å². The van der Waals surface area contributed by atoms with Crippen molar-refractivity contribution in [3.63, 3.8) is 0 Å². The fourth-order valence-corrected chi connectivity index (χ4v) is 7.17. The molecule has 2 saturated heterocycles. The highest BCUT2D eigenvalue weighted by Gasteiger charge is 2.49. The first-order chi connectivity index (χ1) is 10.9. The highest BCUT2D eigenvalue weighted by molar-refractivity contribution is 9.10. The Bertz CT molecular complexity index is 787. The summed E-state index contributed by atoms with van der Waals surface area (Å²) in [4.78, 5) is 18.3. The first-order valence-electron chi connectivity index (χ1n) is 7.47. The molecule has 2 heterocycles. The molecule has 1 aromatic rings. The fraction of sp³-hybridized carbons (Fsp3) is 0.467. The number of fused-ring (bicyclic) bond motifs is 1. The lowest BCUT2D eigenvalue weighted by Crippen LogP contribution is -2.37. The van der Waals surface area contributed by atoms with Gasteiger partial charge in [0.05, 0.1) is 17.5 Å². The normalized spacial score (nSPS) is 30.7. The predicted molar refractivity (Wildman–Crippen MR) is 95.6 cm³/mol. The van der Waals surface area contributed by atoms with Crippen molar-refractivity contribution < 1.29 is 13.2 Å². The molecule has 3 aliphatic rings. The summed E-state index contributed by atoms with van der Waals surface area (Å²) in [5, 5.41) is 0.600. The molecule has 122 valence electrons. The molecule has 1 aliphatic carbocycles. The maximum atomic E-state index is 12.1. The third kappa shape index (κ3) is 3.08. The third-order valence-corrected chi connectivity index (χ3v) is 8.04. The topological polar surface area (TPSA) is 66.8 Å². The maximum Gasteiger partial charge on any atom is 0.251 e. The predicted octanol–water partition coefficient (Wildman–Crippen LogP) is 2.46. The minimum atomic E-state index is -3.02. The van der Waals surface area contributed by atoms with Gasteiger partial charge in [-0.2, -0.15) is 4.99 Å². The van der Waals surface area contributed by atoms with Crippen LogP contribution < -0.4 is 4.90 Å². The zero-order valence-electron chi connectivity index (χ0n) is 12.2.